The molecule has 112 valence electrons. The maximum atomic E-state index is 3.95. The van der Waals surface area contributed by atoms with Crippen molar-refractivity contribution in [2.75, 3.05) is 0 Å². The Morgan fingerprint density at radius 2 is 1.65 bits per heavy atom. The highest BCUT2D eigenvalue weighted by atomic mass is 15.0. The lowest BCUT2D eigenvalue weighted by molar-refractivity contribution is 0.247. The Labute approximate surface area is 125 Å². The molecule has 0 heterocycles. The van der Waals surface area contributed by atoms with Crippen LogP contribution in [0.5, 0.6) is 0 Å². The summed E-state index contributed by atoms with van der Waals surface area (Å²) in [6.07, 6.45) is 6.65. The summed E-state index contributed by atoms with van der Waals surface area (Å²) in [6.45, 7) is 9.41. The lowest BCUT2D eigenvalue weighted by Crippen LogP contribution is -2.37. The van der Waals surface area contributed by atoms with E-state index >= 15 is 0 Å². The molecule has 1 aliphatic rings. The second-order valence-corrected chi connectivity index (χ2v) is 7.85. The van der Waals surface area contributed by atoms with E-state index in [4.69, 9.17) is 0 Å². The lowest BCUT2D eigenvalue weighted by Gasteiger charge is -2.34. The maximum Gasteiger partial charge on any atom is 0.0327 e. The van der Waals surface area contributed by atoms with Gasteiger partial charge in [0.2, 0.25) is 0 Å². The fourth-order valence-corrected chi connectivity index (χ4v) is 3.28. The second kappa shape index (κ2) is 6.76. The number of hydrogen-bond acceptors (Lipinski definition) is 1. The van der Waals surface area contributed by atoms with Crippen molar-refractivity contribution in [2.45, 2.75) is 71.9 Å². The molecule has 1 N–H and O–H groups in total. The minimum absolute atomic E-state index is 0.357. The summed E-state index contributed by atoms with van der Waals surface area (Å²) in [5.41, 5.74) is 1.80. The molecule has 1 fully saturated rings. The van der Waals surface area contributed by atoms with Crippen LogP contribution in [0.2, 0.25) is 0 Å². The molecule has 0 bridgehead atoms. The highest BCUT2D eigenvalue weighted by molar-refractivity contribution is 5.19. The van der Waals surface area contributed by atoms with E-state index in [0.717, 1.165) is 5.92 Å². The van der Waals surface area contributed by atoms with E-state index in [1.165, 1.54) is 37.7 Å². The zero-order chi connectivity index (χ0) is 14.6. The van der Waals surface area contributed by atoms with Gasteiger partial charge < -0.3 is 5.32 Å². The van der Waals surface area contributed by atoms with Crippen molar-refractivity contribution in [3.63, 3.8) is 0 Å². The first-order valence-electron chi connectivity index (χ1n) is 8.25. The van der Waals surface area contributed by atoms with Crippen molar-refractivity contribution in [2.24, 2.45) is 11.3 Å². The third kappa shape index (κ3) is 4.94. The largest absolute Gasteiger partial charge is 0.307 e. The fourth-order valence-electron chi connectivity index (χ4n) is 3.28. The number of nitrogens with one attached hydrogen (secondary N) is 1. The number of hydrogen-bond donors (Lipinski definition) is 1. The highest BCUT2D eigenvalue weighted by Crippen LogP contribution is 2.32. The van der Waals surface area contributed by atoms with Gasteiger partial charge in [-0.2, -0.15) is 0 Å². The average molecular weight is 273 g/mol. The van der Waals surface area contributed by atoms with Crippen molar-refractivity contribution in [1.82, 2.24) is 5.32 Å². The molecule has 20 heavy (non-hydrogen) atoms. The molecule has 0 aliphatic heterocycles. The van der Waals surface area contributed by atoms with Crippen molar-refractivity contribution in [3.05, 3.63) is 35.9 Å². The van der Waals surface area contributed by atoms with E-state index in [1.807, 2.05) is 0 Å². The number of benzene rings is 1. The Kier molecular flexibility index (Phi) is 5.26. The van der Waals surface area contributed by atoms with Gasteiger partial charge in [0.1, 0.15) is 0 Å². The van der Waals surface area contributed by atoms with Gasteiger partial charge in [0.15, 0.2) is 0 Å². The average Bonchev–Trinajstić information content (AvgIpc) is 2.40. The molecule has 1 aliphatic carbocycles. The van der Waals surface area contributed by atoms with Gasteiger partial charge >= 0.3 is 0 Å². The van der Waals surface area contributed by atoms with Crippen LogP contribution in [0, 0.1) is 11.3 Å². The van der Waals surface area contributed by atoms with E-state index in [1.54, 1.807) is 0 Å². The first-order chi connectivity index (χ1) is 9.44. The van der Waals surface area contributed by atoms with Crippen LogP contribution in [0.25, 0.3) is 0 Å². The molecule has 0 radical (unpaired) electrons. The van der Waals surface area contributed by atoms with Crippen molar-refractivity contribution in [3.8, 4) is 0 Å². The van der Waals surface area contributed by atoms with Gasteiger partial charge in [0.05, 0.1) is 0 Å². The summed E-state index contributed by atoms with van der Waals surface area (Å²) >= 11 is 0. The first kappa shape index (κ1) is 15.6. The van der Waals surface area contributed by atoms with Crippen molar-refractivity contribution in [1.29, 1.82) is 0 Å². The van der Waals surface area contributed by atoms with Crippen LogP contribution in [0.15, 0.2) is 30.3 Å². The Hall–Kier alpha value is -0.820. The Balaban J connectivity index is 2.03. The summed E-state index contributed by atoms with van der Waals surface area (Å²) in [7, 11) is 0. The van der Waals surface area contributed by atoms with Gasteiger partial charge in [-0.1, -0.05) is 58.0 Å². The third-order valence-electron chi connectivity index (χ3n) is 4.47. The zero-order valence-electron chi connectivity index (χ0n) is 13.7. The molecule has 1 aromatic rings. The molecule has 0 amide bonds. The highest BCUT2D eigenvalue weighted by Gasteiger charge is 2.25. The third-order valence-corrected chi connectivity index (χ3v) is 4.47. The monoisotopic (exact) mass is 273 g/mol. The smallest absolute Gasteiger partial charge is 0.0327 e. The number of rotatable bonds is 4. The van der Waals surface area contributed by atoms with Crippen LogP contribution >= 0.6 is 0 Å². The van der Waals surface area contributed by atoms with Crippen LogP contribution in [0.1, 0.15) is 71.4 Å². The second-order valence-electron chi connectivity index (χ2n) is 7.85. The quantitative estimate of drug-likeness (QED) is 0.781. The molecule has 1 heteroatoms. The zero-order valence-corrected chi connectivity index (χ0v) is 13.7. The minimum Gasteiger partial charge on any atom is -0.307 e. The normalized spacial score (nSPS) is 25.4. The topological polar surface area (TPSA) is 12.0 Å². The predicted octanol–water partition coefficient (Wildman–Crippen LogP) is 5.33. The van der Waals surface area contributed by atoms with Crippen LogP contribution in [0.4, 0.5) is 0 Å². The Morgan fingerprint density at radius 3 is 2.20 bits per heavy atom. The van der Waals surface area contributed by atoms with Gasteiger partial charge in [-0.25, -0.2) is 0 Å². The molecule has 0 saturated heterocycles. The van der Waals surface area contributed by atoms with Gasteiger partial charge in [-0.3, -0.25) is 0 Å². The van der Waals surface area contributed by atoms with E-state index in [-0.39, 0.29) is 0 Å². The Bertz CT molecular complexity index is 382. The van der Waals surface area contributed by atoms with Crippen LogP contribution < -0.4 is 5.32 Å². The molecule has 0 aromatic heterocycles. The molecule has 0 spiro atoms. The maximum absolute atomic E-state index is 3.95. The van der Waals surface area contributed by atoms with Crippen molar-refractivity contribution < 1.29 is 0 Å². The standard InChI is InChI=1S/C19H31N/c1-15-10-12-17(13-11-15)20-18(14-19(2,3)4)16-8-6-5-7-9-16/h5-9,15,17-18,20H,10-14H2,1-4H3. The predicted molar refractivity (Wildman–Crippen MR) is 87.8 cm³/mol. The molecule has 2 rings (SSSR count). The van der Waals surface area contributed by atoms with Crippen molar-refractivity contribution >= 4 is 0 Å². The van der Waals surface area contributed by atoms with Gasteiger partial charge in [0.25, 0.3) is 0 Å². The van der Waals surface area contributed by atoms with Crippen LogP contribution in [-0.2, 0) is 0 Å². The molecule has 1 nitrogen and oxygen atoms in total. The van der Waals surface area contributed by atoms with Gasteiger partial charge in [0, 0.05) is 12.1 Å². The minimum atomic E-state index is 0.357. The summed E-state index contributed by atoms with van der Waals surface area (Å²) in [5, 5.41) is 3.95. The molecule has 1 atom stereocenters. The van der Waals surface area contributed by atoms with Gasteiger partial charge in [-0.15, -0.1) is 0 Å². The fraction of sp³-hybridized carbons (Fsp3) is 0.684. The summed E-state index contributed by atoms with van der Waals surface area (Å²) in [4.78, 5) is 0. The first-order valence-corrected chi connectivity index (χ1v) is 8.25. The molecular weight excluding hydrogens is 242 g/mol. The van der Waals surface area contributed by atoms with Crippen LogP contribution in [-0.4, -0.2) is 6.04 Å². The summed E-state index contributed by atoms with van der Waals surface area (Å²) < 4.78 is 0. The molecule has 1 aromatic carbocycles. The lowest BCUT2D eigenvalue weighted by atomic mass is 9.83. The summed E-state index contributed by atoms with van der Waals surface area (Å²) in [6, 6.07) is 12.2. The van der Waals surface area contributed by atoms with E-state index < -0.39 is 0 Å². The Morgan fingerprint density at radius 1 is 1.05 bits per heavy atom. The van der Waals surface area contributed by atoms with E-state index in [0.29, 0.717) is 17.5 Å². The molecule has 1 unspecified atom stereocenters. The van der Waals surface area contributed by atoms with Crippen LogP contribution in [0.3, 0.4) is 0 Å². The van der Waals surface area contributed by atoms with E-state index in [9.17, 15) is 0 Å². The van der Waals surface area contributed by atoms with E-state index in [2.05, 4.69) is 63.3 Å². The molecular formula is C19H31N. The molecule has 1 saturated carbocycles. The summed E-state index contributed by atoms with van der Waals surface area (Å²) in [5.74, 6) is 0.922. The SMILES string of the molecule is CC1CCC(NC(CC(C)(C)C)c2ccccc2)CC1. The van der Waals surface area contributed by atoms with Gasteiger partial charge in [-0.05, 0) is 49.0 Å².